The summed E-state index contributed by atoms with van der Waals surface area (Å²) in [5.41, 5.74) is 8.97. The first-order chi connectivity index (χ1) is 14.4. The highest BCUT2D eigenvalue weighted by Gasteiger charge is 2.15. The van der Waals surface area contributed by atoms with Crippen LogP contribution in [0.1, 0.15) is 16.7 Å². The van der Waals surface area contributed by atoms with Crippen LogP contribution in [0.5, 0.6) is 0 Å². The molecule has 3 heterocycles. The Morgan fingerprint density at radius 3 is 2.70 bits per heavy atom. The van der Waals surface area contributed by atoms with Crippen molar-refractivity contribution in [3.05, 3.63) is 80.5 Å². The van der Waals surface area contributed by atoms with E-state index >= 15 is 0 Å². The zero-order valence-corrected chi connectivity index (χ0v) is 17.4. The third-order valence-corrected chi connectivity index (χ3v) is 5.35. The van der Waals surface area contributed by atoms with Gasteiger partial charge in [0.15, 0.2) is 21.7 Å². The van der Waals surface area contributed by atoms with Crippen molar-refractivity contribution < 1.29 is 9.50 Å². The second-order valence-corrected chi connectivity index (χ2v) is 7.52. The number of anilines is 1. The van der Waals surface area contributed by atoms with Crippen molar-refractivity contribution in [1.82, 2.24) is 24.1 Å². The highest BCUT2D eigenvalue weighted by atomic mass is 79.9. The van der Waals surface area contributed by atoms with Gasteiger partial charge in [-0.2, -0.15) is 14.4 Å². The highest BCUT2D eigenvalue weighted by Crippen LogP contribution is 2.23. The highest BCUT2D eigenvalue weighted by molar-refractivity contribution is 9.10. The van der Waals surface area contributed by atoms with Crippen LogP contribution in [0.2, 0.25) is 0 Å². The van der Waals surface area contributed by atoms with Crippen LogP contribution in [0.25, 0.3) is 11.2 Å². The Balaban J connectivity index is 1.57. The van der Waals surface area contributed by atoms with Gasteiger partial charge in [-0.15, -0.1) is 0 Å². The lowest BCUT2D eigenvalue weighted by Gasteiger charge is -2.10. The summed E-state index contributed by atoms with van der Waals surface area (Å²) in [6.45, 7) is 0.779. The summed E-state index contributed by atoms with van der Waals surface area (Å²) in [7, 11) is 0. The number of aliphatic hydroxyl groups is 1. The quantitative estimate of drug-likeness (QED) is 0.328. The van der Waals surface area contributed by atoms with Gasteiger partial charge in [0.1, 0.15) is 0 Å². The third-order valence-electron chi connectivity index (χ3n) is 4.75. The Kier molecular flexibility index (Phi) is 5.60. The normalized spacial score (nSPS) is 11.3. The summed E-state index contributed by atoms with van der Waals surface area (Å²) in [5.74, 6) is -0.0127. The zero-order chi connectivity index (χ0) is 21.3. The number of rotatable bonds is 6. The Hall–Kier alpha value is -3.11. The number of aliphatic hydroxyl groups excluding tert-OH is 1. The lowest BCUT2D eigenvalue weighted by molar-refractivity contribution is 0.280. The lowest BCUT2D eigenvalue weighted by Crippen LogP contribution is -2.20. The molecule has 4 rings (SSSR count). The molecule has 0 aliphatic rings. The molecule has 0 radical (unpaired) electrons. The fraction of sp³-hybridized carbons (Fsp3) is 0.200. The Labute approximate surface area is 179 Å². The molecule has 0 unspecified atom stereocenters. The van der Waals surface area contributed by atoms with E-state index in [9.17, 15) is 14.3 Å². The van der Waals surface area contributed by atoms with Gasteiger partial charge in [-0.25, -0.2) is 4.98 Å². The number of halogens is 2. The molecule has 0 fully saturated rings. The number of fused-ring (bicyclic) bond motifs is 1. The van der Waals surface area contributed by atoms with Gasteiger partial charge in [0.25, 0.3) is 5.56 Å². The van der Waals surface area contributed by atoms with E-state index in [2.05, 4.69) is 30.9 Å². The van der Waals surface area contributed by atoms with Gasteiger partial charge in [-0.05, 0) is 45.1 Å². The van der Waals surface area contributed by atoms with E-state index in [1.165, 1.54) is 6.07 Å². The van der Waals surface area contributed by atoms with Crippen molar-refractivity contribution in [3.63, 3.8) is 0 Å². The SMILES string of the molecule is Nc1nc(F)nc2c1nc(Br)n2Cc1cccc(CCn2cc(CO)ccc2=O)c1. The Morgan fingerprint density at radius 1 is 1.10 bits per heavy atom. The van der Waals surface area contributed by atoms with E-state index in [1.54, 1.807) is 21.4 Å². The topological polar surface area (TPSA) is 112 Å². The Bertz CT molecular complexity index is 1290. The van der Waals surface area contributed by atoms with Gasteiger partial charge < -0.3 is 15.4 Å². The van der Waals surface area contributed by atoms with Crippen molar-refractivity contribution in [2.75, 3.05) is 5.73 Å². The average Bonchev–Trinajstić information content (AvgIpc) is 3.03. The number of hydrogen-bond donors (Lipinski definition) is 2. The molecule has 30 heavy (non-hydrogen) atoms. The number of nitrogen functional groups attached to an aromatic ring is 1. The summed E-state index contributed by atoms with van der Waals surface area (Å²) in [6.07, 6.45) is 1.40. The number of nitrogens with two attached hydrogens (primary N) is 1. The molecule has 0 spiro atoms. The van der Waals surface area contributed by atoms with Crippen molar-refractivity contribution in [3.8, 4) is 0 Å². The standard InChI is InChI=1S/C20H18BrFN6O2/c21-19-24-16-17(23)25-20(22)26-18(16)28(19)10-13-3-1-2-12(8-13)6-7-27-9-14(11-29)4-5-15(27)30/h1-5,8-9,29H,6-7,10-11H2,(H2,23,25,26). The minimum atomic E-state index is -0.905. The predicted molar refractivity (Wildman–Crippen MR) is 113 cm³/mol. The number of benzene rings is 1. The molecule has 0 aliphatic heterocycles. The van der Waals surface area contributed by atoms with Crippen molar-refractivity contribution in [1.29, 1.82) is 0 Å². The molecule has 3 aromatic heterocycles. The fourth-order valence-electron chi connectivity index (χ4n) is 3.27. The number of nitrogens with zero attached hydrogens (tertiary/aromatic N) is 5. The first-order valence-corrected chi connectivity index (χ1v) is 9.96. The van der Waals surface area contributed by atoms with Gasteiger partial charge >= 0.3 is 6.08 Å². The van der Waals surface area contributed by atoms with Gasteiger partial charge in [-0.3, -0.25) is 9.36 Å². The molecule has 0 atom stereocenters. The van der Waals surface area contributed by atoms with Crippen molar-refractivity contribution >= 4 is 32.9 Å². The van der Waals surface area contributed by atoms with E-state index in [0.717, 1.165) is 11.1 Å². The largest absolute Gasteiger partial charge is 0.392 e. The van der Waals surface area contributed by atoms with E-state index in [1.807, 2.05) is 24.3 Å². The molecule has 10 heteroatoms. The van der Waals surface area contributed by atoms with Crippen molar-refractivity contribution in [2.45, 2.75) is 26.1 Å². The van der Waals surface area contributed by atoms with E-state index < -0.39 is 6.08 Å². The molecule has 4 aromatic rings. The Morgan fingerprint density at radius 2 is 1.90 bits per heavy atom. The van der Waals surface area contributed by atoms with Crippen molar-refractivity contribution in [2.24, 2.45) is 0 Å². The molecule has 0 bridgehead atoms. The fourth-order valence-corrected chi connectivity index (χ4v) is 3.74. The molecule has 0 saturated carbocycles. The number of imidazole rings is 1. The predicted octanol–water partition coefficient (Wildman–Crippen LogP) is 2.26. The van der Waals surface area contributed by atoms with Gasteiger partial charge in [0.2, 0.25) is 0 Å². The maximum absolute atomic E-state index is 13.6. The zero-order valence-electron chi connectivity index (χ0n) is 15.8. The number of aryl methyl sites for hydroxylation is 2. The van der Waals surface area contributed by atoms with Gasteiger partial charge in [0, 0.05) is 18.8 Å². The van der Waals surface area contributed by atoms with Crippen LogP contribution in [0.3, 0.4) is 0 Å². The maximum atomic E-state index is 13.6. The van der Waals surface area contributed by atoms with Crippen LogP contribution in [-0.2, 0) is 26.1 Å². The van der Waals surface area contributed by atoms with Gasteiger partial charge in [0.05, 0.1) is 13.2 Å². The average molecular weight is 473 g/mol. The van der Waals surface area contributed by atoms with Crippen LogP contribution in [0.15, 0.2) is 52.1 Å². The summed E-state index contributed by atoms with van der Waals surface area (Å²) >= 11 is 3.37. The second kappa shape index (κ2) is 8.33. The van der Waals surface area contributed by atoms with Gasteiger partial charge in [-0.1, -0.05) is 24.3 Å². The number of hydrogen-bond acceptors (Lipinski definition) is 6. The summed E-state index contributed by atoms with van der Waals surface area (Å²) in [4.78, 5) is 23.6. The van der Waals surface area contributed by atoms with E-state index in [-0.39, 0.29) is 18.0 Å². The maximum Gasteiger partial charge on any atom is 0.312 e. The molecule has 0 aliphatic carbocycles. The molecule has 0 amide bonds. The third kappa shape index (κ3) is 4.10. The molecular weight excluding hydrogens is 455 g/mol. The number of pyridine rings is 1. The molecule has 1 aromatic carbocycles. The summed E-state index contributed by atoms with van der Waals surface area (Å²) in [5, 5.41) is 9.26. The minimum Gasteiger partial charge on any atom is -0.392 e. The molecule has 154 valence electrons. The minimum absolute atomic E-state index is 0.0127. The lowest BCUT2D eigenvalue weighted by atomic mass is 10.1. The molecule has 3 N–H and O–H groups in total. The van der Waals surface area contributed by atoms with E-state index in [4.69, 9.17) is 5.73 Å². The van der Waals surface area contributed by atoms with Crippen LogP contribution >= 0.6 is 15.9 Å². The van der Waals surface area contributed by atoms with Crippen LogP contribution in [-0.4, -0.2) is 29.2 Å². The van der Waals surface area contributed by atoms with Crippen LogP contribution in [0.4, 0.5) is 10.2 Å². The number of aromatic nitrogens is 5. The van der Waals surface area contributed by atoms with Crippen LogP contribution < -0.4 is 11.3 Å². The molecule has 0 saturated heterocycles. The second-order valence-electron chi connectivity index (χ2n) is 6.81. The monoisotopic (exact) mass is 472 g/mol. The smallest absolute Gasteiger partial charge is 0.312 e. The van der Waals surface area contributed by atoms with Crippen LogP contribution in [0, 0.1) is 6.08 Å². The van der Waals surface area contributed by atoms with E-state index in [0.29, 0.717) is 41.0 Å². The summed E-state index contributed by atoms with van der Waals surface area (Å²) in [6, 6.07) is 10.9. The summed E-state index contributed by atoms with van der Waals surface area (Å²) < 4.78 is 17.4. The first kappa shape index (κ1) is 20.2. The molecule has 8 nitrogen and oxygen atoms in total. The molecular formula is C20H18BrFN6O2. The first-order valence-electron chi connectivity index (χ1n) is 9.17.